The van der Waals surface area contributed by atoms with Crippen LogP contribution in [0.5, 0.6) is 0 Å². The molecule has 23 heavy (non-hydrogen) atoms. The fraction of sp³-hybridized carbons (Fsp3) is 0.941. The van der Waals surface area contributed by atoms with Gasteiger partial charge in [0.15, 0.2) is 0 Å². The Labute approximate surface area is 140 Å². The number of piperidine rings is 1. The molecule has 3 heterocycles. The van der Waals surface area contributed by atoms with E-state index in [2.05, 4.69) is 21.7 Å². The summed E-state index contributed by atoms with van der Waals surface area (Å²) >= 11 is 0. The summed E-state index contributed by atoms with van der Waals surface area (Å²) in [5.74, 6) is 0. The van der Waals surface area contributed by atoms with Gasteiger partial charge in [0.25, 0.3) is 0 Å². The van der Waals surface area contributed by atoms with Gasteiger partial charge in [0.2, 0.25) is 0 Å². The second kappa shape index (κ2) is 7.36. The first-order valence-corrected chi connectivity index (χ1v) is 9.07. The van der Waals surface area contributed by atoms with E-state index in [9.17, 15) is 4.79 Å². The van der Waals surface area contributed by atoms with E-state index in [0.717, 1.165) is 50.8 Å². The summed E-state index contributed by atoms with van der Waals surface area (Å²) in [5.41, 5.74) is 0. The molecule has 0 spiro atoms. The molecule has 0 saturated carbocycles. The molecule has 2 bridgehead atoms. The van der Waals surface area contributed by atoms with Gasteiger partial charge in [0.1, 0.15) is 6.61 Å². The normalized spacial score (nSPS) is 32.9. The average Bonchev–Trinajstić information content (AvgIpc) is 2.76. The number of rotatable bonds is 4. The second-order valence-corrected chi connectivity index (χ2v) is 7.56. The molecule has 0 aromatic heterocycles. The first-order chi connectivity index (χ1) is 11.0. The van der Waals surface area contributed by atoms with Gasteiger partial charge in [-0.25, -0.2) is 4.79 Å². The van der Waals surface area contributed by atoms with Crippen molar-refractivity contribution in [2.45, 2.75) is 43.8 Å². The molecule has 3 atom stereocenters. The van der Waals surface area contributed by atoms with Crippen molar-refractivity contribution in [2.75, 3.05) is 60.5 Å². The van der Waals surface area contributed by atoms with Crippen molar-refractivity contribution in [2.24, 2.45) is 0 Å². The molecule has 6 heteroatoms. The topological polar surface area (TPSA) is 39.3 Å². The predicted octanol–water partition coefficient (Wildman–Crippen LogP) is 0.927. The van der Waals surface area contributed by atoms with Crippen molar-refractivity contribution < 1.29 is 9.53 Å². The largest absolute Gasteiger partial charge is 0.448 e. The van der Waals surface area contributed by atoms with E-state index >= 15 is 0 Å². The minimum absolute atomic E-state index is 0.245. The van der Waals surface area contributed by atoms with Gasteiger partial charge in [0, 0.05) is 64.9 Å². The first-order valence-electron chi connectivity index (χ1n) is 9.07. The Bertz CT molecular complexity index is 395. The molecule has 1 amide bonds. The van der Waals surface area contributed by atoms with Crippen LogP contribution >= 0.6 is 0 Å². The van der Waals surface area contributed by atoms with Gasteiger partial charge in [-0.05, 0) is 32.7 Å². The summed E-state index contributed by atoms with van der Waals surface area (Å²) in [5, 5.41) is 0. The van der Waals surface area contributed by atoms with Gasteiger partial charge in [-0.15, -0.1) is 0 Å². The van der Waals surface area contributed by atoms with Crippen LogP contribution in [0.4, 0.5) is 4.79 Å². The van der Waals surface area contributed by atoms with Crippen molar-refractivity contribution in [1.82, 2.24) is 19.6 Å². The van der Waals surface area contributed by atoms with Crippen molar-refractivity contribution in [3.8, 4) is 0 Å². The molecule has 3 fully saturated rings. The Balaban J connectivity index is 1.37. The zero-order chi connectivity index (χ0) is 16.4. The van der Waals surface area contributed by atoms with Crippen LogP contribution < -0.4 is 0 Å². The van der Waals surface area contributed by atoms with Crippen LogP contribution in [0.1, 0.15) is 25.7 Å². The molecule has 3 aliphatic rings. The zero-order valence-electron chi connectivity index (χ0n) is 14.9. The molecule has 0 radical (unpaired) electrons. The molecule has 132 valence electrons. The number of amides is 1. The number of fused-ring (bicyclic) bond motifs is 2. The molecular formula is C17H32N4O2. The summed E-state index contributed by atoms with van der Waals surface area (Å²) in [6, 6.07) is 2.43. The smallest absolute Gasteiger partial charge is 0.409 e. The van der Waals surface area contributed by atoms with Gasteiger partial charge in [-0.3, -0.25) is 9.80 Å². The third-order valence-corrected chi connectivity index (χ3v) is 5.99. The fourth-order valence-electron chi connectivity index (χ4n) is 4.42. The lowest BCUT2D eigenvalue weighted by Crippen LogP contribution is -2.55. The maximum Gasteiger partial charge on any atom is 0.409 e. The highest BCUT2D eigenvalue weighted by molar-refractivity contribution is 5.66. The number of piperazine rings is 1. The van der Waals surface area contributed by atoms with Crippen LogP contribution in [0.25, 0.3) is 0 Å². The molecule has 0 aromatic carbocycles. The Morgan fingerprint density at radius 3 is 2.22 bits per heavy atom. The molecule has 0 aliphatic carbocycles. The standard InChI is InChI=1S/C17H32N4O2/c1-18(2)17(22)23-11-10-20-6-8-21(9-7-20)16-12-14-4-5-15(13-16)19(14)3/h14-16H,4-13H2,1-3H3/t14-,15+,16?. The summed E-state index contributed by atoms with van der Waals surface area (Å²) in [6.07, 6.45) is 5.26. The molecular weight excluding hydrogens is 292 g/mol. The van der Waals surface area contributed by atoms with E-state index in [1.807, 2.05) is 0 Å². The Kier molecular flexibility index (Phi) is 5.44. The number of hydrogen-bond acceptors (Lipinski definition) is 5. The van der Waals surface area contributed by atoms with Crippen molar-refractivity contribution in [1.29, 1.82) is 0 Å². The fourth-order valence-corrected chi connectivity index (χ4v) is 4.42. The second-order valence-electron chi connectivity index (χ2n) is 7.56. The predicted molar refractivity (Wildman–Crippen MR) is 90.6 cm³/mol. The molecule has 3 rings (SSSR count). The number of carbonyl (C=O) groups excluding carboxylic acids is 1. The van der Waals surface area contributed by atoms with Crippen LogP contribution in [0, 0.1) is 0 Å². The van der Waals surface area contributed by atoms with E-state index in [1.54, 1.807) is 14.1 Å². The van der Waals surface area contributed by atoms with Gasteiger partial charge in [0.05, 0.1) is 0 Å². The van der Waals surface area contributed by atoms with Crippen molar-refractivity contribution in [3.63, 3.8) is 0 Å². The van der Waals surface area contributed by atoms with E-state index < -0.39 is 0 Å². The first kappa shape index (κ1) is 17.0. The summed E-state index contributed by atoms with van der Waals surface area (Å²) < 4.78 is 5.22. The maximum absolute atomic E-state index is 11.4. The van der Waals surface area contributed by atoms with Crippen LogP contribution in [0.2, 0.25) is 0 Å². The Morgan fingerprint density at radius 2 is 1.65 bits per heavy atom. The molecule has 0 N–H and O–H groups in total. The number of ether oxygens (including phenoxy) is 1. The van der Waals surface area contributed by atoms with Crippen LogP contribution in [-0.4, -0.2) is 104 Å². The van der Waals surface area contributed by atoms with Gasteiger partial charge < -0.3 is 14.5 Å². The van der Waals surface area contributed by atoms with Gasteiger partial charge >= 0.3 is 6.09 Å². The van der Waals surface area contributed by atoms with E-state index in [0.29, 0.717) is 6.61 Å². The average molecular weight is 324 g/mol. The van der Waals surface area contributed by atoms with E-state index in [1.165, 1.54) is 30.6 Å². The lowest BCUT2D eigenvalue weighted by atomic mass is 9.96. The molecule has 3 aliphatic heterocycles. The van der Waals surface area contributed by atoms with Gasteiger partial charge in [-0.2, -0.15) is 0 Å². The lowest BCUT2D eigenvalue weighted by Gasteiger charge is -2.45. The summed E-state index contributed by atoms with van der Waals surface area (Å²) in [7, 11) is 5.75. The van der Waals surface area contributed by atoms with Crippen LogP contribution in [0.3, 0.4) is 0 Å². The molecule has 3 saturated heterocycles. The Morgan fingerprint density at radius 1 is 1.04 bits per heavy atom. The van der Waals surface area contributed by atoms with E-state index in [-0.39, 0.29) is 6.09 Å². The highest BCUT2D eigenvalue weighted by atomic mass is 16.6. The number of hydrogen-bond donors (Lipinski definition) is 0. The monoisotopic (exact) mass is 324 g/mol. The third kappa shape index (κ3) is 3.98. The lowest BCUT2D eigenvalue weighted by molar-refractivity contribution is 0.0327. The SMILES string of the molecule is CN(C)C(=O)OCCN1CCN(C2C[C@H]3CC[C@@H](C2)N3C)CC1. The Hall–Kier alpha value is -0.850. The van der Waals surface area contributed by atoms with Crippen LogP contribution in [0.15, 0.2) is 0 Å². The summed E-state index contributed by atoms with van der Waals surface area (Å²) in [6.45, 7) is 5.87. The van der Waals surface area contributed by atoms with Crippen molar-refractivity contribution >= 4 is 6.09 Å². The van der Waals surface area contributed by atoms with Crippen LogP contribution in [-0.2, 0) is 4.74 Å². The quantitative estimate of drug-likeness (QED) is 0.769. The van der Waals surface area contributed by atoms with Crippen molar-refractivity contribution in [3.05, 3.63) is 0 Å². The number of carbonyl (C=O) groups is 1. The highest BCUT2D eigenvalue weighted by Gasteiger charge is 2.40. The zero-order valence-corrected chi connectivity index (χ0v) is 14.9. The highest BCUT2D eigenvalue weighted by Crippen LogP contribution is 2.36. The van der Waals surface area contributed by atoms with E-state index in [4.69, 9.17) is 4.74 Å². The third-order valence-electron chi connectivity index (χ3n) is 5.99. The molecule has 1 unspecified atom stereocenters. The minimum Gasteiger partial charge on any atom is -0.448 e. The summed E-state index contributed by atoms with van der Waals surface area (Å²) in [4.78, 5) is 20.6. The maximum atomic E-state index is 11.4. The number of nitrogens with zero attached hydrogens (tertiary/aromatic N) is 4. The minimum atomic E-state index is -0.245. The van der Waals surface area contributed by atoms with Gasteiger partial charge in [-0.1, -0.05) is 0 Å². The molecule has 0 aromatic rings. The molecule has 6 nitrogen and oxygen atoms in total.